The lowest BCUT2D eigenvalue weighted by Gasteiger charge is -2.10. The first-order chi connectivity index (χ1) is 19.6. The number of benzene rings is 3. The fourth-order valence-electron chi connectivity index (χ4n) is 4.41. The van der Waals surface area contributed by atoms with Gasteiger partial charge < -0.3 is 14.2 Å². The Bertz CT molecular complexity index is 1120. The fourth-order valence-corrected chi connectivity index (χ4v) is 4.41. The maximum absolute atomic E-state index is 12.6. The number of unbranched alkanes of at least 4 members (excludes halogenated alkanes) is 6. The third-order valence-corrected chi connectivity index (χ3v) is 7.22. The van der Waals surface area contributed by atoms with Crippen molar-refractivity contribution in [2.45, 2.75) is 78.1 Å². The van der Waals surface area contributed by atoms with Crippen LogP contribution in [0.4, 0.5) is 0 Å². The van der Waals surface area contributed by atoms with Gasteiger partial charge in [-0.2, -0.15) is 0 Å². The van der Waals surface area contributed by atoms with Gasteiger partial charge in [-0.25, -0.2) is 4.79 Å². The van der Waals surface area contributed by atoms with Crippen molar-refractivity contribution < 1.29 is 19.0 Å². The second-order valence-corrected chi connectivity index (χ2v) is 10.5. The van der Waals surface area contributed by atoms with Crippen LogP contribution in [0.3, 0.4) is 0 Å². The van der Waals surface area contributed by atoms with E-state index in [9.17, 15) is 4.79 Å². The van der Waals surface area contributed by atoms with Crippen LogP contribution in [0.25, 0.3) is 11.1 Å². The van der Waals surface area contributed by atoms with E-state index in [4.69, 9.17) is 14.2 Å². The molecule has 1 atom stereocenters. The van der Waals surface area contributed by atoms with Crippen molar-refractivity contribution in [1.82, 2.24) is 0 Å². The molecule has 0 aliphatic heterocycles. The summed E-state index contributed by atoms with van der Waals surface area (Å²) in [6.07, 6.45) is 13.7. The average molecular weight is 543 g/mol. The highest BCUT2D eigenvalue weighted by Gasteiger charge is 2.09. The van der Waals surface area contributed by atoms with Gasteiger partial charge in [0.05, 0.1) is 18.8 Å². The summed E-state index contributed by atoms with van der Waals surface area (Å²) in [6, 6.07) is 22.8. The molecule has 4 nitrogen and oxygen atoms in total. The van der Waals surface area contributed by atoms with E-state index < -0.39 is 0 Å². The number of esters is 1. The van der Waals surface area contributed by atoms with Crippen LogP contribution in [-0.4, -0.2) is 19.2 Å². The molecule has 0 saturated heterocycles. The molecule has 0 aliphatic carbocycles. The lowest BCUT2D eigenvalue weighted by atomic mass is 10.0. The first kappa shape index (κ1) is 31.0. The molecule has 0 radical (unpaired) electrons. The summed E-state index contributed by atoms with van der Waals surface area (Å²) in [5.41, 5.74) is 2.64. The molecule has 0 fully saturated rings. The largest absolute Gasteiger partial charge is 0.494 e. The Kier molecular flexibility index (Phi) is 13.9. The summed E-state index contributed by atoms with van der Waals surface area (Å²) in [7, 11) is 0. The molecule has 0 amide bonds. The Morgan fingerprint density at radius 1 is 0.700 bits per heavy atom. The van der Waals surface area contributed by atoms with Gasteiger partial charge in [0, 0.05) is 0 Å². The molecule has 0 bridgehead atoms. The van der Waals surface area contributed by atoms with Gasteiger partial charge in [-0.1, -0.05) is 82.7 Å². The first-order valence-corrected chi connectivity index (χ1v) is 15.0. The lowest BCUT2D eigenvalue weighted by molar-refractivity contribution is 0.0734. The minimum atomic E-state index is -0.386. The predicted molar refractivity (Wildman–Crippen MR) is 165 cm³/mol. The Hall–Kier alpha value is -3.53. The number of hydrogen-bond acceptors (Lipinski definition) is 4. The van der Waals surface area contributed by atoms with Gasteiger partial charge in [-0.05, 0) is 91.3 Å². The zero-order valence-corrected chi connectivity index (χ0v) is 24.4. The SMILES string of the molecule is C=CCCCCCCOc1ccc(C(=O)Oc2ccc(-c3ccc(OCCCCCC(C)CC)cc3)cc2)cc1. The van der Waals surface area contributed by atoms with Crippen molar-refractivity contribution in [2.24, 2.45) is 5.92 Å². The summed E-state index contributed by atoms with van der Waals surface area (Å²) in [4.78, 5) is 12.6. The zero-order chi connectivity index (χ0) is 28.4. The van der Waals surface area contributed by atoms with Gasteiger partial charge in [0.15, 0.2) is 0 Å². The molecule has 4 heteroatoms. The Morgan fingerprint density at radius 2 is 1.20 bits per heavy atom. The van der Waals surface area contributed by atoms with E-state index in [-0.39, 0.29) is 5.97 Å². The molecule has 3 aromatic rings. The van der Waals surface area contributed by atoms with E-state index in [0.29, 0.717) is 17.9 Å². The van der Waals surface area contributed by atoms with Gasteiger partial charge >= 0.3 is 5.97 Å². The smallest absolute Gasteiger partial charge is 0.343 e. The van der Waals surface area contributed by atoms with Gasteiger partial charge in [-0.3, -0.25) is 0 Å². The summed E-state index contributed by atoms with van der Waals surface area (Å²) in [6.45, 7) is 9.77. The van der Waals surface area contributed by atoms with Crippen LogP contribution >= 0.6 is 0 Å². The normalized spacial score (nSPS) is 11.6. The summed E-state index contributed by atoms with van der Waals surface area (Å²) in [5.74, 6) is 2.61. The minimum Gasteiger partial charge on any atom is -0.494 e. The van der Waals surface area contributed by atoms with Crippen LogP contribution in [-0.2, 0) is 0 Å². The molecule has 1 unspecified atom stereocenters. The Balaban J connectivity index is 1.39. The Labute approximate surface area is 241 Å². The number of ether oxygens (including phenoxy) is 3. The number of allylic oxidation sites excluding steroid dienone is 1. The van der Waals surface area contributed by atoms with Crippen molar-refractivity contribution in [1.29, 1.82) is 0 Å². The summed E-state index contributed by atoms with van der Waals surface area (Å²) in [5, 5.41) is 0. The molecule has 3 aromatic carbocycles. The van der Waals surface area contributed by atoms with Crippen LogP contribution in [0.15, 0.2) is 85.5 Å². The van der Waals surface area contributed by atoms with Crippen molar-refractivity contribution in [3.8, 4) is 28.4 Å². The maximum Gasteiger partial charge on any atom is 0.343 e. The lowest BCUT2D eigenvalue weighted by Crippen LogP contribution is -2.08. The van der Waals surface area contributed by atoms with Crippen molar-refractivity contribution in [3.63, 3.8) is 0 Å². The molecule has 0 N–H and O–H groups in total. The van der Waals surface area contributed by atoms with E-state index >= 15 is 0 Å². The summed E-state index contributed by atoms with van der Waals surface area (Å²) >= 11 is 0. The van der Waals surface area contributed by atoms with Crippen LogP contribution < -0.4 is 14.2 Å². The van der Waals surface area contributed by atoms with Crippen molar-refractivity contribution in [2.75, 3.05) is 13.2 Å². The average Bonchev–Trinajstić information content (AvgIpc) is 2.99. The van der Waals surface area contributed by atoms with E-state index in [1.54, 1.807) is 12.1 Å². The second-order valence-electron chi connectivity index (χ2n) is 10.5. The maximum atomic E-state index is 12.6. The molecule has 0 heterocycles. The van der Waals surface area contributed by atoms with Crippen LogP contribution in [0.2, 0.25) is 0 Å². The number of hydrogen-bond donors (Lipinski definition) is 0. The monoisotopic (exact) mass is 542 g/mol. The van der Waals surface area contributed by atoms with E-state index in [1.807, 2.05) is 54.6 Å². The summed E-state index contributed by atoms with van der Waals surface area (Å²) < 4.78 is 17.3. The zero-order valence-electron chi connectivity index (χ0n) is 24.4. The van der Waals surface area contributed by atoms with Crippen LogP contribution in [0.5, 0.6) is 17.2 Å². The predicted octanol–water partition coefficient (Wildman–Crippen LogP) is 10.1. The first-order valence-electron chi connectivity index (χ1n) is 15.0. The highest BCUT2D eigenvalue weighted by atomic mass is 16.5. The number of carbonyl (C=O) groups excluding carboxylic acids is 1. The molecule has 0 aliphatic rings. The third-order valence-electron chi connectivity index (χ3n) is 7.22. The van der Waals surface area contributed by atoms with Crippen LogP contribution in [0.1, 0.15) is 88.4 Å². The van der Waals surface area contributed by atoms with Gasteiger partial charge in [0.25, 0.3) is 0 Å². The Morgan fingerprint density at radius 3 is 1.75 bits per heavy atom. The topological polar surface area (TPSA) is 44.8 Å². The van der Waals surface area contributed by atoms with E-state index in [2.05, 4.69) is 32.6 Å². The minimum absolute atomic E-state index is 0.386. The standard InChI is InChI=1S/C36H46O4/c1-4-6-7-8-9-12-27-38-34-23-19-32(20-24-34)36(37)40-35-25-17-31(18-26-35)30-15-21-33(22-16-30)39-28-13-10-11-14-29(3)5-2/h4,15-26,29H,1,5-14,27-28H2,2-3H3. The van der Waals surface area contributed by atoms with Crippen LogP contribution in [0, 0.1) is 5.92 Å². The molecule has 214 valence electrons. The van der Waals surface area contributed by atoms with Gasteiger partial charge in [-0.15, -0.1) is 6.58 Å². The molecule has 0 aromatic heterocycles. The fraction of sp³-hybridized carbons (Fsp3) is 0.417. The number of carbonyl (C=O) groups is 1. The second kappa shape index (κ2) is 17.9. The van der Waals surface area contributed by atoms with Crippen molar-refractivity contribution in [3.05, 3.63) is 91.0 Å². The van der Waals surface area contributed by atoms with E-state index in [1.165, 1.54) is 38.5 Å². The molecule has 0 saturated carbocycles. The van der Waals surface area contributed by atoms with E-state index in [0.717, 1.165) is 60.8 Å². The van der Waals surface area contributed by atoms with Gasteiger partial charge in [0.2, 0.25) is 0 Å². The highest BCUT2D eigenvalue weighted by Crippen LogP contribution is 2.25. The van der Waals surface area contributed by atoms with Crippen molar-refractivity contribution >= 4 is 5.97 Å². The third kappa shape index (κ3) is 11.3. The number of rotatable bonds is 19. The highest BCUT2D eigenvalue weighted by molar-refractivity contribution is 5.91. The van der Waals surface area contributed by atoms with Gasteiger partial charge in [0.1, 0.15) is 17.2 Å². The molecular formula is C36H46O4. The quantitative estimate of drug-likeness (QED) is 0.0654. The molecule has 0 spiro atoms. The molecular weight excluding hydrogens is 496 g/mol. The molecule has 40 heavy (non-hydrogen) atoms. The molecule has 3 rings (SSSR count).